The van der Waals surface area contributed by atoms with Gasteiger partial charge < -0.3 is 9.73 Å². The van der Waals surface area contributed by atoms with Crippen molar-refractivity contribution in [2.24, 2.45) is 0 Å². The van der Waals surface area contributed by atoms with Gasteiger partial charge in [-0.05, 0) is 31.2 Å². The van der Waals surface area contributed by atoms with E-state index in [0.717, 1.165) is 28.7 Å². The van der Waals surface area contributed by atoms with Gasteiger partial charge in [0.05, 0.1) is 18.5 Å². The van der Waals surface area contributed by atoms with E-state index < -0.39 is 0 Å². The molecule has 0 amide bonds. The molecule has 0 fully saturated rings. The molecule has 0 aliphatic rings. The normalized spacial score (nSPS) is 10.6. The maximum Gasteiger partial charge on any atom is 0.162 e. The molecule has 19 heavy (non-hydrogen) atoms. The van der Waals surface area contributed by atoms with Crippen LogP contribution < -0.4 is 5.32 Å². The van der Waals surface area contributed by atoms with E-state index in [1.807, 2.05) is 12.1 Å². The second-order valence-corrected chi connectivity index (χ2v) is 5.20. The molecule has 0 aliphatic heterocycles. The lowest BCUT2D eigenvalue weighted by atomic mass is 10.2. The topological polar surface area (TPSA) is 38.1 Å². The summed E-state index contributed by atoms with van der Waals surface area (Å²) in [6, 6.07) is 12.1. The number of benzene rings is 1. The van der Waals surface area contributed by atoms with Crippen molar-refractivity contribution in [3.63, 3.8) is 0 Å². The van der Waals surface area contributed by atoms with Crippen LogP contribution in [-0.4, -0.2) is 4.98 Å². The van der Waals surface area contributed by atoms with Crippen molar-refractivity contribution in [1.29, 1.82) is 0 Å². The maximum atomic E-state index is 5.34. The Balaban J connectivity index is 1.66. The summed E-state index contributed by atoms with van der Waals surface area (Å²) in [6.45, 7) is 2.81. The average Bonchev–Trinajstić information content (AvgIpc) is 3.09. The van der Waals surface area contributed by atoms with Gasteiger partial charge in [0.15, 0.2) is 10.8 Å². The highest BCUT2D eigenvalue weighted by molar-refractivity contribution is 7.13. The fourth-order valence-electron chi connectivity index (χ4n) is 1.77. The monoisotopic (exact) mass is 270 g/mol. The van der Waals surface area contributed by atoms with Crippen LogP contribution >= 0.6 is 11.3 Å². The van der Waals surface area contributed by atoms with E-state index in [0.29, 0.717) is 0 Å². The van der Waals surface area contributed by atoms with Crippen molar-refractivity contribution < 1.29 is 4.42 Å². The first-order valence-electron chi connectivity index (χ1n) is 6.10. The number of nitrogens with zero attached hydrogens (tertiary/aromatic N) is 1. The molecular weight excluding hydrogens is 256 g/mol. The minimum Gasteiger partial charge on any atom is -0.462 e. The molecule has 0 bridgehead atoms. The lowest BCUT2D eigenvalue weighted by Gasteiger charge is -2.04. The minimum absolute atomic E-state index is 0.722. The minimum atomic E-state index is 0.722. The summed E-state index contributed by atoms with van der Waals surface area (Å²) in [6.07, 6.45) is 1.67. The lowest BCUT2D eigenvalue weighted by molar-refractivity contribution is 0.581. The number of anilines is 1. The summed E-state index contributed by atoms with van der Waals surface area (Å²) in [7, 11) is 0. The fraction of sp³-hybridized carbons (Fsp3) is 0.133. The van der Waals surface area contributed by atoms with E-state index >= 15 is 0 Å². The summed E-state index contributed by atoms with van der Waals surface area (Å²) in [4.78, 5) is 4.55. The average molecular weight is 270 g/mol. The van der Waals surface area contributed by atoms with Crippen molar-refractivity contribution in [3.8, 4) is 10.8 Å². The summed E-state index contributed by atoms with van der Waals surface area (Å²) < 4.78 is 5.34. The van der Waals surface area contributed by atoms with Crippen LogP contribution in [0.3, 0.4) is 0 Å². The number of aromatic nitrogens is 1. The van der Waals surface area contributed by atoms with Crippen molar-refractivity contribution in [1.82, 2.24) is 4.98 Å². The summed E-state index contributed by atoms with van der Waals surface area (Å²) in [5, 5.41) is 6.34. The number of furan rings is 1. The third-order valence-electron chi connectivity index (χ3n) is 2.81. The molecule has 0 saturated heterocycles. The zero-order valence-electron chi connectivity index (χ0n) is 10.6. The molecule has 3 aromatic rings. The van der Waals surface area contributed by atoms with Crippen LogP contribution in [0.25, 0.3) is 10.8 Å². The first-order valence-corrected chi connectivity index (χ1v) is 6.98. The number of hydrogen-bond donors (Lipinski definition) is 1. The van der Waals surface area contributed by atoms with Gasteiger partial charge in [0, 0.05) is 11.1 Å². The van der Waals surface area contributed by atoms with Gasteiger partial charge in [0.2, 0.25) is 0 Å². The van der Waals surface area contributed by atoms with Gasteiger partial charge in [0.25, 0.3) is 0 Å². The van der Waals surface area contributed by atoms with Crippen molar-refractivity contribution >= 4 is 17.0 Å². The molecule has 3 nitrogen and oxygen atoms in total. The number of aryl methyl sites for hydroxylation is 1. The molecular formula is C15H14N2OS. The Kier molecular flexibility index (Phi) is 3.33. The molecule has 1 aromatic carbocycles. The van der Waals surface area contributed by atoms with Gasteiger partial charge in [-0.3, -0.25) is 0 Å². The number of nitrogens with one attached hydrogen (secondary N) is 1. The summed E-state index contributed by atoms with van der Waals surface area (Å²) in [5.74, 6) is 0.826. The smallest absolute Gasteiger partial charge is 0.162 e. The Morgan fingerprint density at radius 2 is 2.05 bits per heavy atom. The Labute approximate surface area is 115 Å². The Morgan fingerprint density at radius 1 is 1.21 bits per heavy atom. The molecule has 0 unspecified atom stereocenters. The molecule has 0 atom stereocenters. The first kappa shape index (κ1) is 12.0. The quantitative estimate of drug-likeness (QED) is 0.767. The first-order chi connectivity index (χ1) is 9.31. The molecule has 2 heterocycles. The zero-order valence-corrected chi connectivity index (χ0v) is 11.4. The largest absolute Gasteiger partial charge is 0.462 e. The molecule has 0 radical (unpaired) electrons. The molecule has 2 aromatic heterocycles. The summed E-state index contributed by atoms with van der Waals surface area (Å²) >= 11 is 1.60. The van der Waals surface area contributed by atoms with Crippen LogP contribution in [0.1, 0.15) is 11.3 Å². The Bertz CT molecular complexity index is 641. The molecule has 96 valence electrons. The predicted octanol–water partition coefficient (Wildman–Crippen LogP) is 4.32. The van der Waals surface area contributed by atoms with E-state index in [4.69, 9.17) is 4.42 Å². The predicted molar refractivity (Wildman–Crippen MR) is 78.3 cm³/mol. The molecule has 0 saturated carbocycles. The van der Waals surface area contributed by atoms with Crippen LogP contribution in [0.15, 0.2) is 52.5 Å². The molecule has 0 spiro atoms. The van der Waals surface area contributed by atoms with Gasteiger partial charge in [0.1, 0.15) is 0 Å². The summed E-state index contributed by atoms with van der Waals surface area (Å²) in [5.41, 5.74) is 3.40. The van der Waals surface area contributed by atoms with Crippen LogP contribution in [0.4, 0.5) is 5.69 Å². The van der Waals surface area contributed by atoms with Crippen molar-refractivity contribution in [2.75, 3.05) is 5.32 Å². The highest BCUT2D eigenvalue weighted by Gasteiger charge is 2.06. The highest BCUT2D eigenvalue weighted by atomic mass is 32.1. The van der Waals surface area contributed by atoms with Gasteiger partial charge in [-0.25, -0.2) is 4.98 Å². The van der Waals surface area contributed by atoms with Gasteiger partial charge >= 0.3 is 0 Å². The second kappa shape index (κ2) is 5.28. The van der Waals surface area contributed by atoms with E-state index in [-0.39, 0.29) is 0 Å². The van der Waals surface area contributed by atoms with Crippen molar-refractivity contribution in [2.45, 2.75) is 13.5 Å². The van der Waals surface area contributed by atoms with Crippen LogP contribution in [0, 0.1) is 6.92 Å². The van der Waals surface area contributed by atoms with E-state index in [1.165, 1.54) is 5.56 Å². The SMILES string of the molecule is Cc1ccc(NCc2csc(-c3ccco3)n2)cc1. The Morgan fingerprint density at radius 3 is 2.79 bits per heavy atom. The number of rotatable bonds is 4. The molecule has 4 heteroatoms. The van der Waals surface area contributed by atoms with E-state index in [1.54, 1.807) is 17.6 Å². The molecule has 1 N–H and O–H groups in total. The van der Waals surface area contributed by atoms with Gasteiger partial charge in [-0.2, -0.15) is 0 Å². The molecule has 3 rings (SSSR count). The Hall–Kier alpha value is -2.07. The van der Waals surface area contributed by atoms with Crippen LogP contribution in [0.5, 0.6) is 0 Å². The second-order valence-electron chi connectivity index (χ2n) is 4.34. The third kappa shape index (κ3) is 2.85. The fourth-order valence-corrected chi connectivity index (χ4v) is 2.55. The standard InChI is InChI=1S/C15H14N2OS/c1-11-4-6-12(7-5-11)16-9-13-10-19-15(17-13)14-3-2-8-18-14/h2-8,10,16H,9H2,1H3. The van der Waals surface area contributed by atoms with Crippen molar-refractivity contribution in [3.05, 3.63) is 59.3 Å². The number of thiazole rings is 1. The number of hydrogen-bond acceptors (Lipinski definition) is 4. The van der Waals surface area contributed by atoms with Crippen LogP contribution in [0.2, 0.25) is 0 Å². The van der Waals surface area contributed by atoms with Crippen LogP contribution in [-0.2, 0) is 6.54 Å². The maximum absolute atomic E-state index is 5.34. The van der Waals surface area contributed by atoms with E-state index in [2.05, 4.69) is 46.9 Å². The highest BCUT2D eigenvalue weighted by Crippen LogP contribution is 2.24. The van der Waals surface area contributed by atoms with E-state index in [9.17, 15) is 0 Å². The lowest BCUT2D eigenvalue weighted by Crippen LogP contribution is -1.99. The van der Waals surface area contributed by atoms with Gasteiger partial charge in [-0.15, -0.1) is 11.3 Å². The molecule has 0 aliphatic carbocycles. The zero-order chi connectivity index (χ0) is 13.1. The van der Waals surface area contributed by atoms with Gasteiger partial charge in [-0.1, -0.05) is 17.7 Å². The third-order valence-corrected chi connectivity index (χ3v) is 3.71.